The van der Waals surface area contributed by atoms with E-state index in [0.29, 0.717) is 17.3 Å². The largest absolute Gasteiger partial charge is 0.398 e. The smallest absolute Gasteiger partial charge is 0.254 e. The zero-order valence-electron chi connectivity index (χ0n) is 9.70. The minimum absolute atomic E-state index is 0.109. The molecule has 0 bridgehead atoms. The molecule has 0 radical (unpaired) electrons. The van der Waals surface area contributed by atoms with E-state index in [-0.39, 0.29) is 16.7 Å². The highest BCUT2D eigenvalue weighted by Gasteiger charge is 2.15. The highest BCUT2D eigenvalue weighted by Crippen LogP contribution is 2.21. The molecule has 0 saturated carbocycles. The molecule has 1 aromatic rings. The van der Waals surface area contributed by atoms with Gasteiger partial charge in [0.15, 0.2) is 0 Å². The number of nitrogens with one attached hydrogen (secondary N) is 1. The summed E-state index contributed by atoms with van der Waals surface area (Å²) >= 11 is 5.90. The second-order valence-corrected chi connectivity index (χ2v) is 5.93. The van der Waals surface area contributed by atoms with E-state index in [1.807, 2.05) is 0 Å². The molecular formula is C11H15ClN2O2S. The number of hydrogen-bond acceptors (Lipinski definition) is 3. The van der Waals surface area contributed by atoms with Crippen molar-refractivity contribution >= 4 is 34.0 Å². The van der Waals surface area contributed by atoms with Gasteiger partial charge in [-0.25, -0.2) is 0 Å². The highest BCUT2D eigenvalue weighted by molar-refractivity contribution is 7.84. The summed E-state index contributed by atoms with van der Waals surface area (Å²) in [7, 11) is -0.973. The lowest BCUT2D eigenvalue weighted by Gasteiger charge is -2.12. The third-order valence-corrected chi connectivity index (χ3v) is 4.00. The van der Waals surface area contributed by atoms with Gasteiger partial charge in [-0.3, -0.25) is 9.00 Å². The summed E-state index contributed by atoms with van der Waals surface area (Å²) in [6, 6.07) is 4.90. The van der Waals surface area contributed by atoms with Gasteiger partial charge in [-0.2, -0.15) is 0 Å². The first kappa shape index (κ1) is 14.0. The van der Waals surface area contributed by atoms with E-state index in [0.717, 1.165) is 0 Å². The van der Waals surface area contributed by atoms with Crippen molar-refractivity contribution < 1.29 is 9.00 Å². The first-order chi connectivity index (χ1) is 7.93. The van der Waals surface area contributed by atoms with Crippen molar-refractivity contribution in [2.75, 3.05) is 18.5 Å². The molecule has 0 aliphatic carbocycles. The van der Waals surface area contributed by atoms with Gasteiger partial charge in [-0.1, -0.05) is 17.7 Å². The molecule has 6 heteroatoms. The van der Waals surface area contributed by atoms with Crippen LogP contribution in [-0.4, -0.2) is 28.2 Å². The molecule has 2 unspecified atom stereocenters. The molecule has 4 nitrogen and oxygen atoms in total. The van der Waals surface area contributed by atoms with E-state index in [2.05, 4.69) is 5.32 Å². The fourth-order valence-corrected chi connectivity index (χ4v) is 1.81. The van der Waals surface area contributed by atoms with E-state index in [9.17, 15) is 9.00 Å². The Morgan fingerprint density at radius 1 is 1.59 bits per heavy atom. The van der Waals surface area contributed by atoms with E-state index in [4.69, 9.17) is 17.3 Å². The van der Waals surface area contributed by atoms with Crippen molar-refractivity contribution in [3.05, 3.63) is 28.8 Å². The van der Waals surface area contributed by atoms with E-state index in [1.54, 1.807) is 31.4 Å². The average Bonchev–Trinajstić information content (AvgIpc) is 2.25. The Bertz CT molecular complexity index is 431. The standard InChI is InChI=1S/C11H15ClN2O2S/c1-7(17(2)16)6-14-11(15)10-8(12)4-3-5-9(10)13/h3-5,7H,6,13H2,1-2H3,(H,14,15). The van der Waals surface area contributed by atoms with Crippen molar-refractivity contribution in [2.24, 2.45) is 0 Å². The molecule has 94 valence electrons. The molecule has 0 heterocycles. The zero-order valence-corrected chi connectivity index (χ0v) is 11.3. The number of halogens is 1. The molecule has 1 amide bonds. The van der Waals surface area contributed by atoms with Crippen LogP contribution >= 0.6 is 11.6 Å². The number of nitrogens with two attached hydrogens (primary N) is 1. The summed E-state index contributed by atoms with van der Waals surface area (Å²) in [6.07, 6.45) is 1.60. The summed E-state index contributed by atoms with van der Waals surface area (Å²) in [5, 5.41) is 2.87. The number of benzene rings is 1. The lowest BCUT2D eigenvalue weighted by Crippen LogP contribution is -2.33. The van der Waals surface area contributed by atoms with Crippen LogP contribution in [0.4, 0.5) is 5.69 Å². The minimum atomic E-state index is -0.973. The maximum atomic E-state index is 11.8. The van der Waals surface area contributed by atoms with E-state index in [1.165, 1.54) is 0 Å². The summed E-state index contributed by atoms with van der Waals surface area (Å²) in [6.45, 7) is 2.12. The summed E-state index contributed by atoms with van der Waals surface area (Å²) < 4.78 is 11.1. The molecule has 0 fully saturated rings. The molecule has 1 rings (SSSR count). The highest BCUT2D eigenvalue weighted by atomic mass is 35.5. The summed E-state index contributed by atoms with van der Waals surface area (Å²) in [5.41, 5.74) is 6.28. The first-order valence-electron chi connectivity index (χ1n) is 5.08. The third kappa shape index (κ3) is 3.71. The van der Waals surface area contributed by atoms with Crippen molar-refractivity contribution in [2.45, 2.75) is 12.2 Å². The molecule has 0 aliphatic rings. The Hall–Kier alpha value is -1.07. The number of carbonyl (C=O) groups is 1. The number of rotatable bonds is 4. The van der Waals surface area contributed by atoms with Crippen LogP contribution < -0.4 is 11.1 Å². The van der Waals surface area contributed by atoms with Crippen LogP contribution in [0.5, 0.6) is 0 Å². The van der Waals surface area contributed by atoms with Crippen molar-refractivity contribution in [1.29, 1.82) is 0 Å². The van der Waals surface area contributed by atoms with E-state index < -0.39 is 10.8 Å². The van der Waals surface area contributed by atoms with Gasteiger partial charge < -0.3 is 11.1 Å². The Morgan fingerprint density at radius 2 is 2.24 bits per heavy atom. The number of nitrogen functional groups attached to an aromatic ring is 1. The summed E-state index contributed by atoms with van der Waals surface area (Å²) in [5.74, 6) is -0.342. The lowest BCUT2D eigenvalue weighted by molar-refractivity contribution is 0.0955. The molecule has 1 aromatic carbocycles. The first-order valence-corrected chi connectivity index (χ1v) is 7.07. The fraction of sp³-hybridized carbons (Fsp3) is 0.364. The molecule has 0 aliphatic heterocycles. The Kier molecular flexibility index (Phi) is 4.96. The SMILES string of the molecule is CC(CNC(=O)c1c(N)cccc1Cl)S(C)=O. The van der Waals surface area contributed by atoms with Gasteiger partial charge in [0.05, 0.1) is 10.6 Å². The van der Waals surface area contributed by atoms with E-state index >= 15 is 0 Å². The van der Waals surface area contributed by atoms with Gasteiger partial charge >= 0.3 is 0 Å². The van der Waals surface area contributed by atoms with Crippen LogP contribution in [0.15, 0.2) is 18.2 Å². The second kappa shape index (κ2) is 6.02. The molecule has 0 aromatic heterocycles. The molecule has 0 saturated heterocycles. The van der Waals surface area contributed by atoms with Crippen molar-refractivity contribution in [1.82, 2.24) is 5.32 Å². The average molecular weight is 275 g/mol. The lowest BCUT2D eigenvalue weighted by atomic mass is 10.1. The monoisotopic (exact) mass is 274 g/mol. The number of amides is 1. The topological polar surface area (TPSA) is 72.2 Å². The normalized spacial score (nSPS) is 14.1. The van der Waals surface area contributed by atoms with Crippen LogP contribution in [0.2, 0.25) is 5.02 Å². The van der Waals surface area contributed by atoms with Crippen LogP contribution in [0.1, 0.15) is 17.3 Å². The minimum Gasteiger partial charge on any atom is -0.398 e. The Morgan fingerprint density at radius 3 is 2.76 bits per heavy atom. The maximum absolute atomic E-state index is 11.8. The third-order valence-electron chi connectivity index (χ3n) is 2.39. The van der Waals surface area contributed by atoms with Crippen molar-refractivity contribution in [3.8, 4) is 0 Å². The molecule has 2 atom stereocenters. The van der Waals surface area contributed by atoms with Crippen LogP contribution in [-0.2, 0) is 10.8 Å². The molecule has 3 N–H and O–H groups in total. The predicted octanol–water partition coefficient (Wildman–Crippen LogP) is 1.42. The quantitative estimate of drug-likeness (QED) is 0.816. The molecular weight excluding hydrogens is 260 g/mol. The van der Waals surface area contributed by atoms with Crippen LogP contribution in [0, 0.1) is 0 Å². The van der Waals surface area contributed by atoms with Gasteiger partial charge in [0, 0.05) is 34.5 Å². The second-order valence-electron chi connectivity index (χ2n) is 3.72. The van der Waals surface area contributed by atoms with Gasteiger partial charge in [-0.15, -0.1) is 0 Å². The van der Waals surface area contributed by atoms with Crippen molar-refractivity contribution in [3.63, 3.8) is 0 Å². The number of hydrogen-bond donors (Lipinski definition) is 2. The number of carbonyl (C=O) groups excluding carboxylic acids is 1. The molecule has 17 heavy (non-hydrogen) atoms. The van der Waals surface area contributed by atoms with Gasteiger partial charge in [0.25, 0.3) is 5.91 Å². The van der Waals surface area contributed by atoms with Gasteiger partial charge in [0.2, 0.25) is 0 Å². The summed E-state index contributed by atoms with van der Waals surface area (Å²) in [4.78, 5) is 11.8. The fourth-order valence-electron chi connectivity index (χ4n) is 1.22. The van der Waals surface area contributed by atoms with Gasteiger partial charge in [-0.05, 0) is 19.1 Å². The van der Waals surface area contributed by atoms with Crippen LogP contribution in [0.3, 0.4) is 0 Å². The Labute approximate surface area is 108 Å². The number of anilines is 1. The van der Waals surface area contributed by atoms with Crippen LogP contribution in [0.25, 0.3) is 0 Å². The molecule has 0 spiro atoms. The zero-order chi connectivity index (χ0) is 13.0. The predicted molar refractivity (Wildman–Crippen MR) is 71.7 cm³/mol. The Balaban J connectivity index is 2.74. The maximum Gasteiger partial charge on any atom is 0.254 e. The van der Waals surface area contributed by atoms with Gasteiger partial charge in [0.1, 0.15) is 0 Å².